The number of carbonyl (C=O) groups excluding carboxylic acids is 2. The average molecular weight is 243 g/mol. The summed E-state index contributed by atoms with van der Waals surface area (Å²) in [5.74, 6) is -0.828. The third-order valence-corrected chi connectivity index (χ3v) is 2.83. The molecule has 1 saturated heterocycles. The van der Waals surface area contributed by atoms with E-state index in [1.807, 2.05) is 0 Å². The summed E-state index contributed by atoms with van der Waals surface area (Å²) in [6, 6.07) is 0. The standard InChI is InChI=1S/C10H13NO6/c12-4-6-8(15)9(16)10(17-6)11-2-1-5(13)3-7(11)14/h1-2,6,8-10,12,15-16H,3-4H2/t6-,8+,9-,10-/m1/s1. The predicted octanol–water partition coefficient (Wildman–Crippen LogP) is -2.26. The van der Waals surface area contributed by atoms with Crippen LogP contribution in [0.2, 0.25) is 0 Å². The van der Waals surface area contributed by atoms with E-state index in [-0.39, 0.29) is 12.2 Å². The van der Waals surface area contributed by atoms with Gasteiger partial charge in [0.1, 0.15) is 18.3 Å². The van der Waals surface area contributed by atoms with Gasteiger partial charge in [0.05, 0.1) is 13.0 Å². The van der Waals surface area contributed by atoms with Crippen molar-refractivity contribution in [2.45, 2.75) is 31.0 Å². The lowest BCUT2D eigenvalue weighted by molar-refractivity contribution is -0.148. The van der Waals surface area contributed by atoms with Crippen LogP contribution in [0.5, 0.6) is 0 Å². The third kappa shape index (κ3) is 2.09. The zero-order valence-corrected chi connectivity index (χ0v) is 8.89. The minimum Gasteiger partial charge on any atom is -0.394 e. The van der Waals surface area contributed by atoms with E-state index < -0.39 is 37.1 Å². The lowest BCUT2D eigenvalue weighted by Crippen LogP contribution is -2.46. The highest BCUT2D eigenvalue weighted by atomic mass is 16.6. The van der Waals surface area contributed by atoms with E-state index in [9.17, 15) is 19.8 Å². The van der Waals surface area contributed by atoms with Crippen molar-refractivity contribution < 1.29 is 29.6 Å². The number of rotatable bonds is 2. The van der Waals surface area contributed by atoms with E-state index in [2.05, 4.69) is 0 Å². The topological polar surface area (TPSA) is 107 Å². The maximum Gasteiger partial charge on any atom is 0.236 e. The molecular weight excluding hydrogens is 230 g/mol. The Hall–Kier alpha value is -1.28. The molecule has 0 spiro atoms. The number of ketones is 1. The molecule has 0 aliphatic carbocycles. The fraction of sp³-hybridized carbons (Fsp3) is 0.600. The molecule has 2 heterocycles. The van der Waals surface area contributed by atoms with Crippen LogP contribution in [0, 0.1) is 0 Å². The van der Waals surface area contributed by atoms with E-state index in [1.165, 1.54) is 12.3 Å². The molecule has 7 nitrogen and oxygen atoms in total. The number of hydrogen-bond donors (Lipinski definition) is 3. The molecule has 0 radical (unpaired) electrons. The Morgan fingerprint density at radius 3 is 2.59 bits per heavy atom. The highest BCUT2D eigenvalue weighted by molar-refractivity contribution is 6.06. The van der Waals surface area contributed by atoms with Gasteiger partial charge in [-0.2, -0.15) is 0 Å². The van der Waals surface area contributed by atoms with Gasteiger partial charge in [-0.25, -0.2) is 0 Å². The molecular formula is C10H13NO6. The summed E-state index contributed by atoms with van der Waals surface area (Å²) >= 11 is 0. The molecule has 94 valence electrons. The quantitative estimate of drug-likeness (QED) is 0.472. The normalized spacial score (nSPS) is 37.9. The van der Waals surface area contributed by atoms with Crippen LogP contribution < -0.4 is 0 Å². The fourth-order valence-corrected chi connectivity index (χ4v) is 1.88. The van der Waals surface area contributed by atoms with Gasteiger partial charge in [-0.05, 0) is 6.08 Å². The van der Waals surface area contributed by atoms with Crippen LogP contribution in [0.3, 0.4) is 0 Å². The number of nitrogens with zero attached hydrogens (tertiary/aromatic N) is 1. The van der Waals surface area contributed by atoms with Gasteiger partial charge in [0, 0.05) is 6.20 Å². The van der Waals surface area contributed by atoms with E-state index in [1.54, 1.807) is 0 Å². The van der Waals surface area contributed by atoms with Gasteiger partial charge in [-0.3, -0.25) is 14.5 Å². The van der Waals surface area contributed by atoms with Gasteiger partial charge < -0.3 is 20.1 Å². The smallest absolute Gasteiger partial charge is 0.236 e. The van der Waals surface area contributed by atoms with Crippen LogP contribution in [-0.4, -0.2) is 63.1 Å². The Labute approximate surface area is 96.9 Å². The molecule has 0 saturated carbocycles. The van der Waals surface area contributed by atoms with Crippen LogP contribution in [0.25, 0.3) is 0 Å². The van der Waals surface area contributed by atoms with Crippen LogP contribution in [0.1, 0.15) is 6.42 Å². The molecule has 0 aromatic rings. The van der Waals surface area contributed by atoms with Gasteiger partial charge in [-0.1, -0.05) is 0 Å². The van der Waals surface area contributed by atoms with Gasteiger partial charge in [0.25, 0.3) is 0 Å². The van der Waals surface area contributed by atoms with Crippen molar-refractivity contribution >= 4 is 11.7 Å². The maximum atomic E-state index is 11.6. The molecule has 2 aliphatic heterocycles. The summed E-state index contributed by atoms with van der Waals surface area (Å²) in [5, 5.41) is 28.1. The summed E-state index contributed by atoms with van der Waals surface area (Å²) < 4.78 is 5.17. The van der Waals surface area contributed by atoms with Crippen molar-refractivity contribution in [3.05, 3.63) is 12.3 Å². The first-order chi connectivity index (χ1) is 8.04. The van der Waals surface area contributed by atoms with Crippen LogP contribution >= 0.6 is 0 Å². The van der Waals surface area contributed by atoms with Crippen LogP contribution in [0.15, 0.2) is 12.3 Å². The number of hydrogen-bond acceptors (Lipinski definition) is 6. The molecule has 2 aliphatic rings. The van der Waals surface area contributed by atoms with Crippen molar-refractivity contribution in [1.82, 2.24) is 4.90 Å². The van der Waals surface area contributed by atoms with Crippen LogP contribution in [0.4, 0.5) is 0 Å². The summed E-state index contributed by atoms with van der Waals surface area (Å²) in [4.78, 5) is 23.6. The monoisotopic (exact) mass is 243 g/mol. The Balaban J connectivity index is 2.16. The first-order valence-electron chi connectivity index (χ1n) is 5.19. The van der Waals surface area contributed by atoms with Gasteiger partial charge in [-0.15, -0.1) is 0 Å². The molecule has 0 aromatic carbocycles. The van der Waals surface area contributed by atoms with E-state index in [0.29, 0.717) is 0 Å². The summed E-state index contributed by atoms with van der Waals surface area (Å²) in [6.07, 6.45) is -2.45. The molecule has 0 bridgehead atoms. The van der Waals surface area contributed by atoms with Crippen molar-refractivity contribution in [3.8, 4) is 0 Å². The van der Waals surface area contributed by atoms with Crippen LogP contribution in [-0.2, 0) is 14.3 Å². The summed E-state index contributed by atoms with van der Waals surface area (Å²) in [7, 11) is 0. The Kier molecular flexibility index (Phi) is 3.25. The highest BCUT2D eigenvalue weighted by Crippen LogP contribution is 2.25. The van der Waals surface area contributed by atoms with E-state index in [0.717, 1.165) is 4.90 Å². The zero-order chi connectivity index (χ0) is 12.6. The molecule has 3 N–H and O–H groups in total. The number of aliphatic hydroxyl groups is 3. The number of ether oxygens (including phenoxy) is 1. The average Bonchev–Trinajstić information content (AvgIpc) is 2.57. The largest absolute Gasteiger partial charge is 0.394 e. The molecule has 2 rings (SSSR count). The molecule has 17 heavy (non-hydrogen) atoms. The second kappa shape index (κ2) is 4.53. The molecule has 0 unspecified atom stereocenters. The SMILES string of the molecule is O=C1C=CN([C@@H]2O[C@H](CO)[C@H](O)[C@H]2O)C(=O)C1. The molecule has 0 aromatic heterocycles. The Morgan fingerprint density at radius 2 is 2.06 bits per heavy atom. The van der Waals surface area contributed by atoms with E-state index >= 15 is 0 Å². The highest BCUT2D eigenvalue weighted by Gasteiger charge is 2.46. The van der Waals surface area contributed by atoms with Crippen molar-refractivity contribution in [2.24, 2.45) is 0 Å². The fourth-order valence-electron chi connectivity index (χ4n) is 1.88. The number of carbonyl (C=O) groups is 2. The first kappa shape index (κ1) is 12.2. The third-order valence-electron chi connectivity index (χ3n) is 2.83. The minimum absolute atomic E-state index is 0.289. The Bertz CT molecular complexity index is 368. The van der Waals surface area contributed by atoms with E-state index in [4.69, 9.17) is 9.84 Å². The first-order valence-corrected chi connectivity index (χ1v) is 5.19. The number of amides is 1. The predicted molar refractivity (Wildman–Crippen MR) is 53.4 cm³/mol. The lowest BCUT2D eigenvalue weighted by atomic mass is 10.1. The lowest BCUT2D eigenvalue weighted by Gasteiger charge is -2.28. The van der Waals surface area contributed by atoms with Gasteiger partial charge in [0.15, 0.2) is 12.0 Å². The van der Waals surface area contributed by atoms with Crippen molar-refractivity contribution in [1.29, 1.82) is 0 Å². The Morgan fingerprint density at radius 1 is 1.35 bits per heavy atom. The molecule has 4 atom stereocenters. The number of allylic oxidation sites excluding steroid dienone is 1. The maximum absolute atomic E-state index is 11.6. The van der Waals surface area contributed by atoms with Crippen molar-refractivity contribution in [2.75, 3.05) is 6.61 Å². The molecule has 1 fully saturated rings. The summed E-state index contributed by atoms with van der Waals surface area (Å²) in [6.45, 7) is -0.459. The van der Waals surface area contributed by atoms with Gasteiger partial charge in [0.2, 0.25) is 5.91 Å². The number of aliphatic hydroxyl groups excluding tert-OH is 3. The zero-order valence-electron chi connectivity index (χ0n) is 8.89. The second-order valence-corrected chi connectivity index (χ2v) is 3.99. The summed E-state index contributed by atoms with van der Waals surface area (Å²) in [5.41, 5.74) is 0. The second-order valence-electron chi connectivity index (χ2n) is 3.99. The molecule has 1 amide bonds. The van der Waals surface area contributed by atoms with Crippen molar-refractivity contribution in [3.63, 3.8) is 0 Å². The van der Waals surface area contributed by atoms with Gasteiger partial charge >= 0.3 is 0 Å². The molecule has 7 heteroatoms. The minimum atomic E-state index is -1.31.